The summed E-state index contributed by atoms with van der Waals surface area (Å²) < 4.78 is 8.86. The second-order valence-electron chi connectivity index (χ2n) is 4.36. The van der Waals surface area contributed by atoms with Gasteiger partial charge >= 0.3 is 123 Å². The van der Waals surface area contributed by atoms with E-state index in [1.165, 1.54) is 0 Å². The Balaban J connectivity index is 1.90. The summed E-state index contributed by atoms with van der Waals surface area (Å²) in [6.45, 7) is 2.11. The molecule has 19 heavy (non-hydrogen) atoms. The van der Waals surface area contributed by atoms with Gasteiger partial charge in [-0.1, -0.05) is 0 Å². The molecule has 0 aliphatic carbocycles. The number of anilines is 1. The van der Waals surface area contributed by atoms with E-state index in [4.69, 9.17) is 11.6 Å². The Bertz CT molecular complexity index is 710. The van der Waals surface area contributed by atoms with Crippen molar-refractivity contribution in [3.05, 3.63) is 53.1 Å². The van der Waals surface area contributed by atoms with Crippen LogP contribution in [0, 0.1) is 0 Å². The first-order valence-electron chi connectivity index (χ1n) is 5.97. The number of nitrogens with zero attached hydrogens (tertiary/aromatic N) is 2. The first-order valence-corrected chi connectivity index (χ1v) is 7.88. The SMILES string of the molecule is CC(Nc1cccc2n[se]nc12)c1cccc(Cl)c1. The maximum absolute atomic E-state index is 6.03. The zero-order chi connectivity index (χ0) is 13.2. The predicted octanol–water partition coefficient (Wildman–Crippen LogP) is 3.51. The average molecular weight is 337 g/mol. The predicted molar refractivity (Wildman–Crippen MR) is 80.0 cm³/mol. The van der Waals surface area contributed by atoms with Crippen molar-refractivity contribution in [1.82, 2.24) is 7.96 Å². The number of halogens is 1. The van der Waals surface area contributed by atoms with Gasteiger partial charge in [0, 0.05) is 0 Å². The third kappa shape index (κ3) is 2.66. The number of hydrogen-bond acceptors (Lipinski definition) is 3. The summed E-state index contributed by atoms with van der Waals surface area (Å²) in [6.07, 6.45) is 0. The van der Waals surface area contributed by atoms with Gasteiger partial charge in [0.1, 0.15) is 0 Å². The molecule has 3 aromatic rings. The molecule has 0 amide bonds. The van der Waals surface area contributed by atoms with Crippen LogP contribution in [0.1, 0.15) is 18.5 Å². The standard InChI is InChI=1S/C14H12ClN3Se/c1-9(10-4-2-5-11(15)8-10)16-12-6-3-7-13-14(12)18-19-17-13/h2-9,16H,1H3. The van der Waals surface area contributed by atoms with Crippen molar-refractivity contribution in [1.29, 1.82) is 0 Å². The van der Waals surface area contributed by atoms with Crippen LogP contribution in [0.5, 0.6) is 0 Å². The molecule has 96 valence electrons. The summed E-state index contributed by atoms with van der Waals surface area (Å²) in [6, 6.07) is 14.1. The Morgan fingerprint density at radius 1 is 1.16 bits per heavy atom. The van der Waals surface area contributed by atoms with Gasteiger partial charge in [-0.3, -0.25) is 0 Å². The van der Waals surface area contributed by atoms with Crippen LogP contribution in [0.2, 0.25) is 5.02 Å². The number of benzene rings is 2. The number of hydrogen-bond donors (Lipinski definition) is 1. The van der Waals surface area contributed by atoms with Gasteiger partial charge in [0.15, 0.2) is 0 Å². The first-order chi connectivity index (χ1) is 9.24. The summed E-state index contributed by atoms with van der Waals surface area (Å²) >= 11 is 6.03. The van der Waals surface area contributed by atoms with Crippen molar-refractivity contribution >= 4 is 43.3 Å². The fourth-order valence-electron chi connectivity index (χ4n) is 2.02. The quantitative estimate of drug-likeness (QED) is 0.744. The normalized spacial score (nSPS) is 12.5. The van der Waals surface area contributed by atoms with Crippen LogP contribution in [0.4, 0.5) is 5.69 Å². The van der Waals surface area contributed by atoms with Gasteiger partial charge in [-0.25, -0.2) is 0 Å². The fraction of sp³-hybridized carbons (Fsp3) is 0.143. The second-order valence-corrected chi connectivity index (χ2v) is 5.90. The fourth-order valence-corrected chi connectivity index (χ4v) is 3.37. The van der Waals surface area contributed by atoms with Crippen LogP contribution < -0.4 is 5.32 Å². The molecule has 0 bridgehead atoms. The van der Waals surface area contributed by atoms with Crippen LogP contribution in [0.3, 0.4) is 0 Å². The van der Waals surface area contributed by atoms with Crippen molar-refractivity contribution in [3.8, 4) is 0 Å². The molecule has 0 saturated carbocycles. The Hall–Kier alpha value is -1.35. The number of aromatic nitrogens is 2. The number of fused-ring (bicyclic) bond motifs is 1. The molecule has 1 atom stereocenters. The molecule has 1 aromatic heterocycles. The summed E-state index contributed by atoms with van der Waals surface area (Å²) in [4.78, 5) is 0. The molecular weight excluding hydrogens is 325 g/mol. The van der Waals surface area contributed by atoms with E-state index in [9.17, 15) is 0 Å². The van der Waals surface area contributed by atoms with Gasteiger partial charge < -0.3 is 0 Å². The Kier molecular flexibility index (Phi) is 3.56. The molecule has 0 fully saturated rings. The van der Waals surface area contributed by atoms with Crippen LogP contribution in [-0.2, 0) is 0 Å². The molecule has 1 N–H and O–H groups in total. The minimum absolute atomic E-state index is 0.000586. The molecule has 0 aliphatic heterocycles. The second kappa shape index (κ2) is 5.33. The minimum atomic E-state index is -0.000586. The molecule has 3 nitrogen and oxygen atoms in total. The summed E-state index contributed by atoms with van der Waals surface area (Å²) in [5.41, 5.74) is 4.17. The van der Waals surface area contributed by atoms with Gasteiger partial charge in [-0.05, 0) is 0 Å². The van der Waals surface area contributed by atoms with Crippen LogP contribution in [0.15, 0.2) is 42.5 Å². The summed E-state index contributed by atoms with van der Waals surface area (Å²) in [5.74, 6) is 0. The zero-order valence-electron chi connectivity index (χ0n) is 10.3. The molecule has 3 rings (SSSR count). The Morgan fingerprint density at radius 2 is 2.00 bits per heavy atom. The molecule has 2 aromatic carbocycles. The average Bonchev–Trinajstić information content (AvgIpc) is 2.88. The molecule has 1 heterocycles. The number of nitrogens with one attached hydrogen (secondary N) is 1. The first kappa shape index (κ1) is 12.7. The van der Waals surface area contributed by atoms with E-state index in [2.05, 4.69) is 26.3 Å². The molecule has 5 heteroatoms. The maximum atomic E-state index is 6.03. The van der Waals surface area contributed by atoms with E-state index >= 15 is 0 Å². The van der Waals surface area contributed by atoms with Crippen molar-refractivity contribution in [2.45, 2.75) is 13.0 Å². The molecule has 0 radical (unpaired) electrons. The molecule has 0 saturated heterocycles. The Morgan fingerprint density at radius 3 is 2.84 bits per heavy atom. The van der Waals surface area contributed by atoms with Crippen molar-refractivity contribution in [3.63, 3.8) is 0 Å². The van der Waals surface area contributed by atoms with E-state index in [1.807, 2.05) is 36.4 Å². The van der Waals surface area contributed by atoms with E-state index in [0.29, 0.717) is 0 Å². The van der Waals surface area contributed by atoms with Gasteiger partial charge in [0.05, 0.1) is 0 Å². The van der Waals surface area contributed by atoms with Crippen LogP contribution >= 0.6 is 11.6 Å². The van der Waals surface area contributed by atoms with E-state index in [-0.39, 0.29) is 21.0 Å². The van der Waals surface area contributed by atoms with Crippen LogP contribution in [-0.4, -0.2) is 22.9 Å². The third-order valence-electron chi connectivity index (χ3n) is 3.01. The molecule has 0 spiro atoms. The van der Waals surface area contributed by atoms with E-state index in [0.717, 1.165) is 27.3 Å². The van der Waals surface area contributed by atoms with Gasteiger partial charge in [-0.15, -0.1) is 0 Å². The number of rotatable bonds is 3. The summed E-state index contributed by atoms with van der Waals surface area (Å²) in [5, 5.41) is 4.24. The van der Waals surface area contributed by atoms with Crippen LogP contribution in [0.25, 0.3) is 11.0 Å². The van der Waals surface area contributed by atoms with Crippen molar-refractivity contribution in [2.75, 3.05) is 5.32 Å². The van der Waals surface area contributed by atoms with Crippen molar-refractivity contribution < 1.29 is 0 Å². The van der Waals surface area contributed by atoms with E-state index in [1.54, 1.807) is 0 Å². The zero-order valence-corrected chi connectivity index (χ0v) is 12.8. The van der Waals surface area contributed by atoms with Gasteiger partial charge in [-0.2, -0.15) is 0 Å². The molecule has 1 unspecified atom stereocenters. The Labute approximate surface area is 122 Å². The monoisotopic (exact) mass is 337 g/mol. The topological polar surface area (TPSA) is 37.8 Å². The third-order valence-corrected chi connectivity index (χ3v) is 4.38. The summed E-state index contributed by atoms with van der Waals surface area (Å²) in [7, 11) is 0. The molecular formula is C14H12ClN3Se. The molecule has 0 aliphatic rings. The van der Waals surface area contributed by atoms with Gasteiger partial charge in [0.2, 0.25) is 0 Å². The van der Waals surface area contributed by atoms with Crippen molar-refractivity contribution in [2.24, 2.45) is 0 Å². The van der Waals surface area contributed by atoms with E-state index < -0.39 is 0 Å². The van der Waals surface area contributed by atoms with Gasteiger partial charge in [0.25, 0.3) is 0 Å².